The summed E-state index contributed by atoms with van der Waals surface area (Å²) in [4.78, 5) is 11.2. The molecule has 0 bridgehead atoms. The Kier molecular flexibility index (Phi) is 5.35. The molecule has 1 fully saturated rings. The normalized spacial score (nSPS) is 16.0. The van der Waals surface area contributed by atoms with Gasteiger partial charge in [0.25, 0.3) is 5.78 Å². The molecule has 2 aromatic heterocycles. The Labute approximate surface area is 172 Å². The fourth-order valence-electron chi connectivity index (χ4n) is 3.39. The molecule has 3 aromatic rings. The van der Waals surface area contributed by atoms with Crippen LogP contribution in [0.25, 0.3) is 5.78 Å². The van der Waals surface area contributed by atoms with Gasteiger partial charge in [-0.15, -0.1) is 0 Å². The van der Waals surface area contributed by atoms with Crippen LogP contribution in [0.2, 0.25) is 0 Å². The molecule has 4 rings (SSSR count). The van der Waals surface area contributed by atoms with Crippen LogP contribution in [0.5, 0.6) is 0 Å². The lowest BCUT2D eigenvalue weighted by atomic mass is 10.2. The highest BCUT2D eigenvalue weighted by atomic mass is 79.9. The molecule has 3 heterocycles. The van der Waals surface area contributed by atoms with E-state index in [0.717, 1.165) is 28.8 Å². The van der Waals surface area contributed by atoms with E-state index in [4.69, 9.17) is 0 Å². The first-order valence-electron chi connectivity index (χ1n) is 9.19. The quantitative estimate of drug-likeness (QED) is 0.576. The van der Waals surface area contributed by atoms with Gasteiger partial charge in [0.15, 0.2) is 0 Å². The van der Waals surface area contributed by atoms with Crippen LogP contribution in [0.15, 0.2) is 46.0 Å². The highest BCUT2D eigenvalue weighted by Crippen LogP contribution is 2.24. The second kappa shape index (κ2) is 7.76. The van der Waals surface area contributed by atoms with Crippen molar-refractivity contribution in [3.05, 3.63) is 46.8 Å². The van der Waals surface area contributed by atoms with E-state index >= 15 is 0 Å². The smallest absolute Gasteiger partial charge is 0.254 e. The van der Waals surface area contributed by atoms with Gasteiger partial charge in [-0.25, -0.2) is 13.4 Å². The van der Waals surface area contributed by atoms with E-state index in [0.29, 0.717) is 36.9 Å². The van der Waals surface area contributed by atoms with Crippen LogP contribution >= 0.6 is 15.9 Å². The summed E-state index contributed by atoms with van der Waals surface area (Å²) in [7, 11) is -3.51. The van der Waals surface area contributed by atoms with Crippen molar-refractivity contribution >= 4 is 37.5 Å². The molecule has 10 heteroatoms. The summed E-state index contributed by atoms with van der Waals surface area (Å²) >= 11 is 3.34. The van der Waals surface area contributed by atoms with Crippen molar-refractivity contribution < 1.29 is 8.42 Å². The largest absolute Gasteiger partial charge is 0.354 e. The maximum atomic E-state index is 12.9. The van der Waals surface area contributed by atoms with E-state index in [-0.39, 0.29) is 0 Å². The first-order valence-corrected chi connectivity index (χ1v) is 11.4. The summed E-state index contributed by atoms with van der Waals surface area (Å²) in [5.74, 6) is 1.48. The molecule has 0 atom stereocenters. The van der Waals surface area contributed by atoms with E-state index in [2.05, 4.69) is 42.8 Å². The Morgan fingerprint density at radius 2 is 1.93 bits per heavy atom. The van der Waals surface area contributed by atoms with Gasteiger partial charge in [-0.3, -0.25) is 0 Å². The minimum atomic E-state index is -3.51. The van der Waals surface area contributed by atoms with Gasteiger partial charge in [-0.2, -0.15) is 18.9 Å². The molecule has 0 N–H and O–H groups in total. The third-order valence-electron chi connectivity index (χ3n) is 4.79. The molecule has 0 amide bonds. The fourth-order valence-corrected chi connectivity index (χ4v) is 5.41. The molecule has 1 aliphatic rings. The number of sulfonamides is 1. The third-order valence-corrected chi connectivity index (χ3v) is 7.18. The van der Waals surface area contributed by atoms with Gasteiger partial charge in [0.2, 0.25) is 10.0 Å². The van der Waals surface area contributed by atoms with E-state index < -0.39 is 10.0 Å². The molecule has 1 aliphatic heterocycles. The summed E-state index contributed by atoms with van der Waals surface area (Å²) in [6, 6.07) is 8.86. The number of benzene rings is 1. The zero-order valence-corrected chi connectivity index (χ0v) is 17.9. The molecule has 0 aliphatic carbocycles. The number of hydrogen-bond acceptors (Lipinski definition) is 6. The standard InChI is InChI=1S/C18H21BrN6O2S/c1-2-4-15-12-17(25-18(22-15)20-13-21-25)23-7-9-24(10-8-23)28(26,27)16-6-3-5-14(19)11-16/h3,5-6,11-13H,2,4,7-10H2,1H3. The summed E-state index contributed by atoms with van der Waals surface area (Å²) in [6.45, 7) is 4.10. The summed E-state index contributed by atoms with van der Waals surface area (Å²) in [5, 5.41) is 4.28. The number of piperazine rings is 1. The number of nitrogens with zero attached hydrogens (tertiary/aromatic N) is 6. The zero-order chi connectivity index (χ0) is 19.7. The minimum Gasteiger partial charge on any atom is -0.354 e. The first-order chi connectivity index (χ1) is 13.5. The number of fused-ring (bicyclic) bond motifs is 1. The van der Waals surface area contributed by atoms with Crippen LogP contribution in [-0.4, -0.2) is 58.5 Å². The van der Waals surface area contributed by atoms with Crippen molar-refractivity contribution in [1.82, 2.24) is 23.9 Å². The Morgan fingerprint density at radius 3 is 2.64 bits per heavy atom. The van der Waals surface area contributed by atoms with Crippen LogP contribution < -0.4 is 4.90 Å². The van der Waals surface area contributed by atoms with Gasteiger partial charge < -0.3 is 4.90 Å². The Hall–Kier alpha value is -2.04. The highest BCUT2D eigenvalue weighted by Gasteiger charge is 2.29. The summed E-state index contributed by atoms with van der Waals surface area (Å²) in [5.41, 5.74) is 0.974. The predicted molar refractivity (Wildman–Crippen MR) is 110 cm³/mol. The van der Waals surface area contributed by atoms with Gasteiger partial charge in [-0.1, -0.05) is 35.3 Å². The maximum Gasteiger partial charge on any atom is 0.254 e. The molecular formula is C18H21BrN6O2S. The van der Waals surface area contributed by atoms with Gasteiger partial charge in [0, 0.05) is 42.4 Å². The number of hydrogen-bond donors (Lipinski definition) is 0. The van der Waals surface area contributed by atoms with Crippen LogP contribution in [0.4, 0.5) is 5.82 Å². The molecule has 28 heavy (non-hydrogen) atoms. The molecular weight excluding hydrogens is 444 g/mol. The van der Waals surface area contributed by atoms with Gasteiger partial charge in [-0.05, 0) is 24.6 Å². The monoisotopic (exact) mass is 464 g/mol. The number of anilines is 1. The average molecular weight is 465 g/mol. The number of rotatable bonds is 5. The lowest BCUT2D eigenvalue weighted by Gasteiger charge is -2.35. The predicted octanol–water partition coefficient (Wildman–Crippen LogP) is 2.35. The van der Waals surface area contributed by atoms with Crippen molar-refractivity contribution in [2.45, 2.75) is 24.7 Å². The molecule has 1 aromatic carbocycles. The molecule has 0 saturated carbocycles. The van der Waals surface area contributed by atoms with Crippen LogP contribution in [0.1, 0.15) is 19.0 Å². The van der Waals surface area contributed by atoms with Crippen LogP contribution in [0, 0.1) is 0 Å². The van der Waals surface area contributed by atoms with E-state index in [1.54, 1.807) is 22.7 Å². The molecule has 1 saturated heterocycles. The van der Waals surface area contributed by atoms with E-state index in [1.807, 2.05) is 12.1 Å². The Morgan fingerprint density at radius 1 is 1.14 bits per heavy atom. The molecule has 0 unspecified atom stereocenters. The van der Waals surface area contributed by atoms with Crippen molar-refractivity contribution in [2.24, 2.45) is 0 Å². The third kappa shape index (κ3) is 3.63. The SMILES string of the molecule is CCCc1cc(N2CCN(S(=O)(=O)c3cccc(Br)c3)CC2)n2ncnc2n1. The molecule has 0 spiro atoms. The second-order valence-electron chi connectivity index (χ2n) is 6.68. The lowest BCUT2D eigenvalue weighted by Crippen LogP contribution is -2.49. The number of halogens is 1. The summed E-state index contributed by atoms with van der Waals surface area (Å²) in [6.07, 6.45) is 3.36. The molecule has 148 valence electrons. The topological polar surface area (TPSA) is 83.7 Å². The highest BCUT2D eigenvalue weighted by molar-refractivity contribution is 9.10. The Bertz CT molecular complexity index is 1090. The zero-order valence-electron chi connectivity index (χ0n) is 15.5. The van der Waals surface area contributed by atoms with Crippen molar-refractivity contribution in [3.8, 4) is 0 Å². The van der Waals surface area contributed by atoms with Crippen molar-refractivity contribution in [2.75, 3.05) is 31.1 Å². The van der Waals surface area contributed by atoms with E-state index in [1.165, 1.54) is 10.6 Å². The lowest BCUT2D eigenvalue weighted by molar-refractivity contribution is 0.383. The second-order valence-corrected chi connectivity index (χ2v) is 9.53. The van der Waals surface area contributed by atoms with Crippen LogP contribution in [0.3, 0.4) is 0 Å². The average Bonchev–Trinajstić information content (AvgIpc) is 3.16. The van der Waals surface area contributed by atoms with E-state index in [9.17, 15) is 8.42 Å². The van der Waals surface area contributed by atoms with Crippen molar-refractivity contribution in [1.29, 1.82) is 0 Å². The van der Waals surface area contributed by atoms with Crippen molar-refractivity contribution in [3.63, 3.8) is 0 Å². The minimum absolute atomic E-state index is 0.308. The molecule has 8 nitrogen and oxygen atoms in total. The maximum absolute atomic E-state index is 12.9. The number of aryl methyl sites for hydroxylation is 1. The van der Waals surface area contributed by atoms with Gasteiger partial charge in [0.05, 0.1) is 4.90 Å². The fraction of sp³-hybridized carbons (Fsp3) is 0.389. The number of aromatic nitrogens is 4. The van der Waals surface area contributed by atoms with Gasteiger partial charge in [0.1, 0.15) is 12.1 Å². The first kappa shape index (κ1) is 19.3. The van der Waals surface area contributed by atoms with Gasteiger partial charge >= 0.3 is 0 Å². The van der Waals surface area contributed by atoms with Crippen LogP contribution in [-0.2, 0) is 16.4 Å². The summed E-state index contributed by atoms with van der Waals surface area (Å²) < 4.78 is 29.9. The Balaban J connectivity index is 1.56. The molecule has 0 radical (unpaired) electrons.